The SMILES string of the molecule is COc1ccccc1OCC(=O)NCC(c1cccs1)n1nc(C)cc1C. The fourth-order valence-electron chi connectivity index (χ4n) is 2.89. The summed E-state index contributed by atoms with van der Waals surface area (Å²) in [5, 5.41) is 9.57. The molecule has 1 unspecified atom stereocenters. The van der Waals surface area contributed by atoms with Gasteiger partial charge in [0.25, 0.3) is 5.91 Å². The molecule has 1 amide bonds. The van der Waals surface area contributed by atoms with Gasteiger partial charge in [0.15, 0.2) is 18.1 Å². The van der Waals surface area contributed by atoms with E-state index in [1.54, 1.807) is 30.6 Å². The lowest BCUT2D eigenvalue weighted by atomic mass is 10.2. The summed E-state index contributed by atoms with van der Waals surface area (Å²) >= 11 is 1.65. The molecule has 0 saturated carbocycles. The van der Waals surface area contributed by atoms with Gasteiger partial charge < -0.3 is 14.8 Å². The molecule has 1 N–H and O–H groups in total. The smallest absolute Gasteiger partial charge is 0.258 e. The largest absolute Gasteiger partial charge is 0.493 e. The molecule has 0 aliphatic carbocycles. The number of nitrogens with one attached hydrogen (secondary N) is 1. The first-order valence-electron chi connectivity index (χ1n) is 8.67. The summed E-state index contributed by atoms with van der Waals surface area (Å²) in [6.45, 7) is 4.35. The Morgan fingerprint density at radius 3 is 2.63 bits per heavy atom. The van der Waals surface area contributed by atoms with Crippen molar-refractivity contribution in [1.82, 2.24) is 15.1 Å². The fraction of sp³-hybridized carbons (Fsp3) is 0.300. The third kappa shape index (κ3) is 4.68. The van der Waals surface area contributed by atoms with E-state index >= 15 is 0 Å². The molecular weight excluding hydrogens is 362 g/mol. The molecule has 142 valence electrons. The van der Waals surface area contributed by atoms with Gasteiger partial charge in [-0.2, -0.15) is 5.10 Å². The van der Waals surface area contributed by atoms with E-state index in [1.165, 1.54) is 0 Å². The van der Waals surface area contributed by atoms with E-state index in [2.05, 4.69) is 16.5 Å². The van der Waals surface area contributed by atoms with Crippen LogP contribution in [-0.2, 0) is 4.79 Å². The summed E-state index contributed by atoms with van der Waals surface area (Å²) < 4.78 is 12.8. The van der Waals surface area contributed by atoms with Gasteiger partial charge in [0.05, 0.1) is 12.8 Å². The highest BCUT2D eigenvalue weighted by Crippen LogP contribution is 2.26. The first-order chi connectivity index (χ1) is 13.1. The summed E-state index contributed by atoms with van der Waals surface area (Å²) in [6, 6.07) is 13.3. The van der Waals surface area contributed by atoms with Gasteiger partial charge in [0.1, 0.15) is 6.04 Å². The van der Waals surface area contributed by atoms with E-state index in [-0.39, 0.29) is 18.6 Å². The molecule has 27 heavy (non-hydrogen) atoms. The minimum atomic E-state index is -0.191. The van der Waals surface area contributed by atoms with Gasteiger partial charge in [-0.1, -0.05) is 18.2 Å². The molecule has 0 fully saturated rings. The highest BCUT2D eigenvalue weighted by atomic mass is 32.1. The highest BCUT2D eigenvalue weighted by molar-refractivity contribution is 7.10. The molecule has 3 rings (SSSR count). The highest BCUT2D eigenvalue weighted by Gasteiger charge is 2.19. The lowest BCUT2D eigenvalue weighted by Crippen LogP contribution is -2.34. The summed E-state index contributed by atoms with van der Waals surface area (Å²) in [4.78, 5) is 13.5. The Hall–Kier alpha value is -2.80. The fourth-order valence-corrected chi connectivity index (χ4v) is 3.70. The minimum Gasteiger partial charge on any atom is -0.493 e. The minimum absolute atomic E-state index is 0.0473. The Kier molecular flexibility index (Phi) is 6.13. The zero-order valence-corrected chi connectivity index (χ0v) is 16.5. The van der Waals surface area contributed by atoms with Crippen molar-refractivity contribution in [3.05, 3.63) is 64.1 Å². The molecule has 0 radical (unpaired) electrons. The lowest BCUT2D eigenvalue weighted by molar-refractivity contribution is -0.123. The molecule has 3 aromatic rings. The van der Waals surface area contributed by atoms with Crippen molar-refractivity contribution >= 4 is 17.2 Å². The third-order valence-electron chi connectivity index (χ3n) is 4.13. The molecule has 1 atom stereocenters. The van der Waals surface area contributed by atoms with E-state index < -0.39 is 0 Å². The molecule has 0 aliphatic heterocycles. The summed E-state index contributed by atoms with van der Waals surface area (Å²) in [5.74, 6) is 0.955. The maximum atomic E-state index is 12.3. The number of para-hydroxylation sites is 2. The van der Waals surface area contributed by atoms with Crippen molar-refractivity contribution in [3.8, 4) is 11.5 Å². The monoisotopic (exact) mass is 385 g/mol. The van der Waals surface area contributed by atoms with Crippen LogP contribution in [0.25, 0.3) is 0 Å². The number of aromatic nitrogens is 2. The number of amides is 1. The second-order valence-corrected chi connectivity index (χ2v) is 7.13. The zero-order valence-electron chi connectivity index (χ0n) is 15.6. The average Bonchev–Trinajstić information content (AvgIpc) is 3.30. The Morgan fingerprint density at radius 1 is 1.22 bits per heavy atom. The molecular formula is C20H23N3O3S. The van der Waals surface area contributed by atoms with Gasteiger partial charge in [-0.3, -0.25) is 9.48 Å². The van der Waals surface area contributed by atoms with Gasteiger partial charge in [0.2, 0.25) is 0 Å². The van der Waals surface area contributed by atoms with Crippen LogP contribution in [0.2, 0.25) is 0 Å². The number of carbonyl (C=O) groups is 1. The first kappa shape index (κ1) is 19.0. The zero-order chi connectivity index (χ0) is 19.2. The average molecular weight is 385 g/mol. The van der Waals surface area contributed by atoms with Gasteiger partial charge in [-0.15, -0.1) is 11.3 Å². The Morgan fingerprint density at radius 2 is 2.00 bits per heavy atom. The van der Waals surface area contributed by atoms with E-state index in [0.29, 0.717) is 18.0 Å². The number of methoxy groups -OCH3 is 1. The number of nitrogens with zero attached hydrogens (tertiary/aromatic N) is 2. The van der Waals surface area contributed by atoms with Crippen molar-refractivity contribution in [2.45, 2.75) is 19.9 Å². The van der Waals surface area contributed by atoms with Crippen molar-refractivity contribution in [2.75, 3.05) is 20.3 Å². The number of hydrogen-bond acceptors (Lipinski definition) is 5. The lowest BCUT2D eigenvalue weighted by Gasteiger charge is -2.19. The number of hydrogen-bond donors (Lipinski definition) is 1. The summed E-state index contributed by atoms with van der Waals surface area (Å²) in [7, 11) is 1.57. The second-order valence-electron chi connectivity index (χ2n) is 6.15. The predicted octanol–water partition coefficient (Wildman–Crippen LogP) is 3.35. The standard InChI is InChI=1S/C20H23N3O3S/c1-14-11-15(2)23(22-14)16(19-9-6-10-27-19)12-21-20(24)13-26-18-8-5-4-7-17(18)25-3/h4-11,16H,12-13H2,1-3H3,(H,21,24). The quantitative estimate of drug-likeness (QED) is 0.646. The van der Waals surface area contributed by atoms with Gasteiger partial charge in [-0.05, 0) is 43.5 Å². The van der Waals surface area contributed by atoms with E-state index in [0.717, 1.165) is 16.3 Å². The predicted molar refractivity (Wildman–Crippen MR) is 106 cm³/mol. The summed E-state index contributed by atoms with van der Waals surface area (Å²) in [5.41, 5.74) is 2.02. The normalized spacial score (nSPS) is 11.8. The van der Waals surface area contributed by atoms with Crippen molar-refractivity contribution in [1.29, 1.82) is 0 Å². The van der Waals surface area contributed by atoms with Crippen LogP contribution in [0, 0.1) is 13.8 Å². The van der Waals surface area contributed by atoms with E-state index in [1.807, 2.05) is 48.2 Å². The van der Waals surface area contributed by atoms with Crippen LogP contribution in [-0.4, -0.2) is 35.9 Å². The van der Waals surface area contributed by atoms with Crippen molar-refractivity contribution in [3.63, 3.8) is 0 Å². The second kappa shape index (κ2) is 8.73. The number of rotatable bonds is 8. The number of carbonyl (C=O) groups excluding carboxylic acids is 1. The van der Waals surface area contributed by atoms with Crippen LogP contribution in [0.4, 0.5) is 0 Å². The maximum absolute atomic E-state index is 12.3. The van der Waals surface area contributed by atoms with Crippen LogP contribution < -0.4 is 14.8 Å². The number of ether oxygens (including phenoxy) is 2. The molecule has 0 saturated heterocycles. The molecule has 0 aliphatic rings. The molecule has 2 heterocycles. The number of benzene rings is 1. The Bertz CT molecular complexity index is 890. The molecule has 6 nitrogen and oxygen atoms in total. The van der Waals surface area contributed by atoms with E-state index in [4.69, 9.17) is 9.47 Å². The molecule has 7 heteroatoms. The van der Waals surface area contributed by atoms with E-state index in [9.17, 15) is 4.79 Å². The number of aryl methyl sites for hydroxylation is 2. The Balaban J connectivity index is 1.63. The van der Waals surface area contributed by atoms with Crippen LogP contribution in [0.15, 0.2) is 47.8 Å². The maximum Gasteiger partial charge on any atom is 0.258 e. The molecule has 0 bridgehead atoms. The van der Waals surface area contributed by atoms with Gasteiger partial charge in [0, 0.05) is 17.1 Å². The Labute approximate surface area is 162 Å². The van der Waals surface area contributed by atoms with Crippen LogP contribution in [0.1, 0.15) is 22.3 Å². The van der Waals surface area contributed by atoms with Crippen LogP contribution >= 0.6 is 11.3 Å². The third-order valence-corrected chi connectivity index (χ3v) is 5.11. The molecule has 0 spiro atoms. The number of thiophene rings is 1. The van der Waals surface area contributed by atoms with Gasteiger partial charge in [-0.25, -0.2) is 0 Å². The van der Waals surface area contributed by atoms with Crippen molar-refractivity contribution in [2.24, 2.45) is 0 Å². The topological polar surface area (TPSA) is 65.4 Å². The molecule has 2 aromatic heterocycles. The van der Waals surface area contributed by atoms with Gasteiger partial charge >= 0.3 is 0 Å². The first-order valence-corrected chi connectivity index (χ1v) is 9.55. The van der Waals surface area contributed by atoms with Crippen LogP contribution in [0.5, 0.6) is 11.5 Å². The molecule has 1 aromatic carbocycles. The van der Waals surface area contributed by atoms with Crippen molar-refractivity contribution < 1.29 is 14.3 Å². The van der Waals surface area contributed by atoms with Crippen LogP contribution in [0.3, 0.4) is 0 Å². The summed E-state index contributed by atoms with van der Waals surface area (Å²) in [6.07, 6.45) is 0.